The summed E-state index contributed by atoms with van der Waals surface area (Å²) in [6.07, 6.45) is 2.19. The molecule has 1 fully saturated rings. The van der Waals surface area contributed by atoms with Crippen LogP contribution < -0.4 is 26.4 Å². The van der Waals surface area contributed by atoms with Crippen LogP contribution in [-0.2, 0) is 0 Å². The van der Waals surface area contributed by atoms with Gasteiger partial charge in [-0.1, -0.05) is 35.9 Å². The van der Waals surface area contributed by atoms with Gasteiger partial charge in [0, 0.05) is 29.5 Å². The number of hydrogen-bond acceptors (Lipinski definition) is 7. The Morgan fingerprint density at radius 1 is 0.900 bits per heavy atom. The van der Waals surface area contributed by atoms with Crippen LogP contribution in [-0.4, -0.2) is 34.1 Å². The molecule has 0 bridgehead atoms. The van der Waals surface area contributed by atoms with E-state index in [9.17, 15) is 4.79 Å². The van der Waals surface area contributed by atoms with Gasteiger partial charge in [-0.25, -0.2) is 10.2 Å². The Labute approximate surface area is 178 Å². The standard InChI is InChI=1S/C20H21ClN8O/c21-14-7-6-10-16(13-14)23-20(30)28-27-18-24-17(22-15-8-2-1-3-9-15)25-19(26-18)29-11-4-5-12-29/h1-3,6-10,13H,4-5,11-12H2,(H2,23,28,30)(H2,22,24,25,26,27). The van der Waals surface area contributed by atoms with Crippen molar-refractivity contribution in [3.05, 3.63) is 59.6 Å². The lowest BCUT2D eigenvalue weighted by atomic mass is 10.3. The lowest BCUT2D eigenvalue weighted by molar-refractivity contribution is 0.253. The maximum Gasteiger partial charge on any atom is 0.337 e. The molecule has 0 radical (unpaired) electrons. The first-order chi connectivity index (χ1) is 14.7. The molecule has 2 amide bonds. The largest absolute Gasteiger partial charge is 0.341 e. The Hall–Kier alpha value is -3.59. The number of aromatic nitrogens is 3. The molecular weight excluding hydrogens is 404 g/mol. The van der Waals surface area contributed by atoms with Gasteiger partial charge in [-0.2, -0.15) is 15.0 Å². The summed E-state index contributed by atoms with van der Waals surface area (Å²) in [7, 11) is 0. The van der Waals surface area contributed by atoms with E-state index in [4.69, 9.17) is 11.6 Å². The van der Waals surface area contributed by atoms with Crippen LogP contribution in [0, 0.1) is 0 Å². The van der Waals surface area contributed by atoms with Crippen LogP contribution in [0.15, 0.2) is 54.6 Å². The number of para-hydroxylation sites is 1. The quantitative estimate of drug-likeness (QED) is 0.443. The van der Waals surface area contributed by atoms with E-state index >= 15 is 0 Å². The molecule has 0 atom stereocenters. The highest BCUT2D eigenvalue weighted by Gasteiger charge is 2.18. The molecule has 0 spiro atoms. The number of nitrogens with one attached hydrogen (secondary N) is 4. The number of urea groups is 1. The van der Waals surface area contributed by atoms with Gasteiger partial charge in [-0.15, -0.1) is 0 Å². The maximum absolute atomic E-state index is 12.2. The fourth-order valence-electron chi connectivity index (χ4n) is 3.03. The van der Waals surface area contributed by atoms with E-state index in [0.717, 1.165) is 31.6 Å². The third-order valence-electron chi connectivity index (χ3n) is 4.41. The molecule has 0 aliphatic carbocycles. The van der Waals surface area contributed by atoms with Gasteiger partial charge in [0.1, 0.15) is 0 Å². The first-order valence-electron chi connectivity index (χ1n) is 9.57. The summed E-state index contributed by atoms with van der Waals surface area (Å²) in [5, 5.41) is 6.39. The summed E-state index contributed by atoms with van der Waals surface area (Å²) >= 11 is 5.94. The number of benzene rings is 2. The Kier molecular flexibility index (Phi) is 6.09. The van der Waals surface area contributed by atoms with Gasteiger partial charge in [-0.05, 0) is 43.2 Å². The van der Waals surface area contributed by atoms with Crippen molar-refractivity contribution in [2.24, 2.45) is 0 Å². The first-order valence-corrected chi connectivity index (χ1v) is 9.95. The van der Waals surface area contributed by atoms with Gasteiger partial charge in [0.15, 0.2) is 0 Å². The van der Waals surface area contributed by atoms with Crippen molar-refractivity contribution >= 4 is 46.9 Å². The number of anilines is 5. The number of carbonyl (C=O) groups is 1. The Bertz CT molecular complexity index is 1010. The molecule has 1 aromatic heterocycles. The number of nitrogens with zero attached hydrogens (tertiary/aromatic N) is 4. The smallest absolute Gasteiger partial charge is 0.337 e. The minimum absolute atomic E-state index is 0.228. The summed E-state index contributed by atoms with van der Waals surface area (Å²) < 4.78 is 0. The first kappa shape index (κ1) is 19.7. The molecule has 0 saturated carbocycles. The van der Waals surface area contributed by atoms with Crippen molar-refractivity contribution in [2.45, 2.75) is 12.8 Å². The van der Waals surface area contributed by atoms with Crippen molar-refractivity contribution in [1.82, 2.24) is 20.4 Å². The second-order valence-electron chi connectivity index (χ2n) is 6.68. The molecule has 30 heavy (non-hydrogen) atoms. The Morgan fingerprint density at radius 3 is 2.40 bits per heavy atom. The third-order valence-corrected chi connectivity index (χ3v) is 4.65. The van der Waals surface area contributed by atoms with E-state index in [2.05, 4.69) is 41.3 Å². The molecule has 1 aliphatic heterocycles. The zero-order valence-corrected chi connectivity index (χ0v) is 16.9. The summed E-state index contributed by atoms with van der Waals surface area (Å²) in [4.78, 5) is 27.6. The minimum Gasteiger partial charge on any atom is -0.341 e. The van der Waals surface area contributed by atoms with Crippen molar-refractivity contribution in [3.8, 4) is 0 Å². The predicted molar refractivity (Wildman–Crippen MR) is 118 cm³/mol. The van der Waals surface area contributed by atoms with Gasteiger partial charge in [0.25, 0.3) is 0 Å². The third kappa shape index (κ3) is 5.26. The van der Waals surface area contributed by atoms with Crippen molar-refractivity contribution in [2.75, 3.05) is 34.0 Å². The highest BCUT2D eigenvalue weighted by atomic mass is 35.5. The van der Waals surface area contributed by atoms with E-state index in [1.165, 1.54) is 0 Å². The second kappa shape index (κ2) is 9.27. The van der Waals surface area contributed by atoms with Crippen molar-refractivity contribution in [1.29, 1.82) is 0 Å². The lowest BCUT2D eigenvalue weighted by Crippen LogP contribution is -2.34. The van der Waals surface area contributed by atoms with Crippen LogP contribution in [0.25, 0.3) is 0 Å². The molecule has 154 valence electrons. The van der Waals surface area contributed by atoms with E-state index < -0.39 is 6.03 Å². The molecule has 10 heteroatoms. The van der Waals surface area contributed by atoms with Gasteiger partial charge in [0.05, 0.1) is 0 Å². The number of hydrazine groups is 1. The molecule has 1 aliphatic rings. The van der Waals surface area contributed by atoms with Gasteiger partial charge < -0.3 is 15.5 Å². The number of rotatable bonds is 6. The molecule has 4 rings (SSSR count). The summed E-state index contributed by atoms with van der Waals surface area (Å²) in [6, 6.07) is 16.0. The summed E-state index contributed by atoms with van der Waals surface area (Å²) in [5.74, 6) is 1.17. The number of hydrogen-bond donors (Lipinski definition) is 4. The number of carbonyl (C=O) groups excluding carboxylic acids is 1. The normalized spacial score (nSPS) is 13.0. The van der Waals surface area contributed by atoms with E-state index in [0.29, 0.717) is 22.6 Å². The van der Waals surface area contributed by atoms with Gasteiger partial charge >= 0.3 is 6.03 Å². The molecule has 2 heterocycles. The van der Waals surface area contributed by atoms with Crippen LogP contribution in [0.3, 0.4) is 0 Å². The highest BCUT2D eigenvalue weighted by molar-refractivity contribution is 6.30. The second-order valence-corrected chi connectivity index (χ2v) is 7.12. The highest BCUT2D eigenvalue weighted by Crippen LogP contribution is 2.20. The van der Waals surface area contributed by atoms with E-state index in [1.807, 2.05) is 30.3 Å². The zero-order valence-electron chi connectivity index (χ0n) is 16.1. The van der Waals surface area contributed by atoms with Crippen LogP contribution in [0.4, 0.5) is 34.0 Å². The number of amides is 2. The molecule has 2 aromatic carbocycles. The van der Waals surface area contributed by atoms with Crippen LogP contribution >= 0.6 is 11.6 Å². The van der Waals surface area contributed by atoms with Crippen molar-refractivity contribution in [3.63, 3.8) is 0 Å². The average molecular weight is 425 g/mol. The SMILES string of the molecule is O=C(NNc1nc(Nc2ccccc2)nc(N2CCCC2)n1)Nc1cccc(Cl)c1. The van der Waals surface area contributed by atoms with Crippen LogP contribution in [0.2, 0.25) is 5.02 Å². The molecule has 9 nitrogen and oxygen atoms in total. The number of halogens is 1. The maximum atomic E-state index is 12.2. The zero-order chi connectivity index (χ0) is 20.8. The summed E-state index contributed by atoms with van der Waals surface area (Å²) in [5.41, 5.74) is 6.71. The molecular formula is C20H21ClN8O. The monoisotopic (exact) mass is 424 g/mol. The van der Waals surface area contributed by atoms with Crippen LogP contribution in [0.5, 0.6) is 0 Å². The molecule has 1 saturated heterocycles. The van der Waals surface area contributed by atoms with Crippen LogP contribution in [0.1, 0.15) is 12.8 Å². The minimum atomic E-state index is -0.474. The van der Waals surface area contributed by atoms with E-state index in [1.54, 1.807) is 24.3 Å². The topological polar surface area (TPSA) is 107 Å². The van der Waals surface area contributed by atoms with E-state index in [-0.39, 0.29) is 5.95 Å². The molecule has 4 N–H and O–H groups in total. The Morgan fingerprint density at radius 2 is 1.63 bits per heavy atom. The summed E-state index contributed by atoms with van der Waals surface area (Å²) in [6.45, 7) is 1.77. The fourth-order valence-corrected chi connectivity index (χ4v) is 3.22. The van der Waals surface area contributed by atoms with Gasteiger partial charge in [0.2, 0.25) is 17.8 Å². The molecule has 3 aromatic rings. The average Bonchev–Trinajstić information content (AvgIpc) is 3.28. The predicted octanol–water partition coefficient (Wildman–Crippen LogP) is 4.02. The lowest BCUT2D eigenvalue weighted by Gasteiger charge is -2.17. The van der Waals surface area contributed by atoms with Crippen molar-refractivity contribution < 1.29 is 4.79 Å². The Balaban J connectivity index is 1.47. The molecule has 0 unspecified atom stereocenters. The van der Waals surface area contributed by atoms with Gasteiger partial charge in [-0.3, -0.25) is 5.43 Å². The fraction of sp³-hybridized carbons (Fsp3) is 0.200.